The number of hydrogen-bond donors (Lipinski definition) is 1. The second-order valence-electron chi connectivity index (χ2n) is 4.94. The van der Waals surface area contributed by atoms with E-state index in [-0.39, 0.29) is 24.0 Å². The number of halogens is 1. The molecule has 0 atom stereocenters. The van der Waals surface area contributed by atoms with Gasteiger partial charge in [0.15, 0.2) is 0 Å². The highest BCUT2D eigenvalue weighted by atomic mass is 127. The summed E-state index contributed by atoms with van der Waals surface area (Å²) in [5.41, 5.74) is 1.08. The maximum atomic E-state index is 5.66. The van der Waals surface area contributed by atoms with Gasteiger partial charge in [-0.25, -0.2) is 4.98 Å². The fourth-order valence-electron chi connectivity index (χ4n) is 2.20. The first-order valence-electron chi connectivity index (χ1n) is 7.47. The van der Waals surface area contributed by atoms with E-state index in [9.17, 15) is 0 Å². The van der Waals surface area contributed by atoms with Crippen LogP contribution in [0.5, 0.6) is 5.88 Å². The van der Waals surface area contributed by atoms with Crippen molar-refractivity contribution in [1.29, 1.82) is 0 Å². The molecule has 5 nitrogen and oxygen atoms in total. The van der Waals surface area contributed by atoms with E-state index >= 15 is 0 Å². The topological polar surface area (TPSA) is 46.6 Å². The molecule has 0 unspecified atom stereocenters. The van der Waals surface area contributed by atoms with E-state index in [0.717, 1.165) is 57.9 Å². The summed E-state index contributed by atoms with van der Waals surface area (Å²) in [6.07, 6.45) is 2.86. The zero-order valence-corrected chi connectivity index (χ0v) is 15.0. The molecule has 0 bridgehead atoms. The van der Waals surface area contributed by atoms with Crippen LogP contribution in [-0.2, 0) is 11.3 Å². The van der Waals surface area contributed by atoms with E-state index in [1.54, 1.807) is 0 Å². The third kappa shape index (κ3) is 7.39. The zero-order chi connectivity index (χ0) is 14.0. The Bertz CT molecular complexity index is 370. The number of piperazine rings is 1. The molecule has 0 aliphatic carbocycles. The largest absolute Gasteiger partial charge is 0.478 e. The summed E-state index contributed by atoms with van der Waals surface area (Å²) in [5, 5.41) is 3.36. The van der Waals surface area contributed by atoms with Crippen molar-refractivity contribution >= 4 is 24.0 Å². The van der Waals surface area contributed by atoms with Gasteiger partial charge in [-0.3, -0.25) is 0 Å². The highest BCUT2D eigenvalue weighted by Crippen LogP contribution is 2.09. The Kier molecular flexibility index (Phi) is 9.90. The monoisotopic (exact) mass is 407 g/mol. The van der Waals surface area contributed by atoms with Crippen molar-refractivity contribution in [2.75, 3.05) is 45.9 Å². The molecular weight excluding hydrogens is 381 g/mol. The van der Waals surface area contributed by atoms with Crippen molar-refractivity contribution in [3.05, 3.63) is 23.9 Å². The quantitative estimate of drug-likeness (QED) is 0.527. The highest BCUT2D eigenvalue weighted by molar-refractivity contribution is 14.0. The minimum Gasteiger partial charge on any atom is -0.478 e. The molecule has 0 amide bonds. The van der Waals surface area contributed by atoms with E-state index in [1.165, 1.54) is 0 Å². The predicted octanol–water partition coefficient (Wildman–Crippen LogP) is 1.91. The standard InChI is InChI=1S/C15H25N3O2.HI/c1-2-19-13-14-4-5-15(17-12-14)20-11-3-8-18-9-6-16-7-10-18;/h4-5,12,16H,2-3,6-11,13H2,1H3;1H. The first-order valence-corrected chi connectivity index (χ1v) is 7.47. The Morgan fingerprint density at radius 1 is 1.29 bits per heavy atom. The fraction of sp³-hybridized carbons (Fsp3) is 0.667. The van der Waals surface area contributed by atoms with Gasteiger partial charge in [0.05, 0.1) is 13.2 Å². The Morgan fingerprint density at radius 2 is 2.10 bits per heavy atom. The lowest BCUT2D eigenvalue weighted by atomic mass is 10.3. The van der Waals surface area contributed by atoms with Crippen LogP contribution in [0.4, 0.5) is 0 Å². The van der Waals surface area contributed by atoms with Crippen LogP contribution in [0.2, 0.25) is 0 Å². The maximum Gasteiger partial charge on any atom is 0.213 e. The second-order valence-corrected chi connectivity index (χ2v) is 4.94. The molecule has 1 aliphatic heterocycles. The SMILES string of the molecule is CCOCc1ccc(OCCCN2CCNCC2)nc1.I. The van der Waals surface area contributed by atoms with Crippen LogP contribution in [0.3, 0.4) is 0 Å². The number of hydrogen-bond acceptors (Lipinski definition) is 5. The molecule has 1 aliphatic rings. The van der Waals surface area contributed by atoms with Crippen LogP contribution in [0.25, 0.3) is 0 Å². The minimum absolute atomic E-state index is 0. The summed E-state index contributed by atoms with van der Waals surface area (Å²) in [6, 6.07) is 3.92. The number of nitrogens with zero attached hydrogens (tertiary/aromatic N) is 2. The van der Waals surface area contributed by atoms with Gasteiger partial charge in [0.2, 0.25) is 5.88 Å². The maximum absolute atomic E-state index is 5.66. The van der Waals surface area contributed by atoms with Gasteiger partial charge in [0, 0.05) is 51.6 Å². The van der Waals surface area contributed by atoms with Gasteiger partial charge in [0.1, 0.15) is 0 Å². The van der Waals surface area contributed by atoms with E-state index < -0.39 is 0 Å². The third-order valence-electron chi connectivity index (χ3n) is 3.35. The molecule has 0 radical (unpaired) electrons. The van der Waals surface area contributed by atoms with E-state index in [4.69, 9.17) is 9.47 Å². The summed E-state index contributed by atoms with van der Waals surface area (Å²) < 4.78 is 11.0. The summed E-state index contributed by atoms with van der Waals surface area (Å²) in [5.74, 6) is 0.700. The third-order valence-corrected chi connectivity index (χ3v) is 3.35. The molecule has 21 heavy (non-hydrogen) atoms. The van der Waals surface area contributed by atoms with Gasteiger partial charge in [-0.2, -0.15) is 0 Å². The van der Waals surface area contributed by atoms with Crippen LogP contribution in [0, 0.1) is 0 Å². The van der Waals surface area contributed by atoms with E-state index in [2.05, 4.69) is 15.2 Å². The average molecular weight is 407 g/mol. The van der Waals surface area contributed by atoms with Crippen molar-refractivity contribution in [1.82, 2.24) is 15.2 Å². The van der Waals surface area contributed by atoms with E-state index in [1.807, 2.05) is 25.3 Å². The second kappa shape index (κ2) is 11.2. The number of pyridine rings is 1. The Labute approximate surface area is 144 Å². The molecule has 0 aromatic carbocycles. The number of aromatic nitrogens is 1. The van der Waals surface area contributed by atoms with Crippen LogP contribution in [-0.4, -0.2) is 55.8 Å². The summed E-state index contributed by atoms with van der Waals surface area (Å²) in [6.45, 7) is 9.65. The van der Waals surface area contributed by atoms with E-state index in [0.29, 0.717) is 12.5 Å². The summed E-state index contributed by atoms with van der Waals surface area (Å²) in [7, 11) is 0. The van der Waals surface area contributed by atoms with Gasteiger partial charge < -0.3 is 19.7 Å². The van der Waals surface area contributed by atoms with Gasteiger partial charge in [0.25, 0.3) is 0 Å². The molecule has 2 heterocycles. The zero-order valence-electron chi connectivity index (χ0n) is 12.7. The number of ether oxygens (including phenoxy) is 2. The molecular formula is C15H26IN3O2. The Morgan fingerprint density at radius 3 is 2.76 bits per heavy atom. The van der Waals surface area contributed by atoms with Crippen molar-refractivity contribution in [3.63, 3.8) is 0 Å². The van der Waals surface area contributed by atoms with Crippen molar-refractivity contribution < 1.29 is 9.47 Å². The first kappa shape index (κ1) is 18.6. The number of nitrogens with one attached hydrogen (secondary N) is 1. The molecule has 1 fully saturated rings. The lowest BCUT2D eigenvalue weighted by molar-refractivity contribution is 0.133. The Hall–Kier alpha value is -0.440. The molecule has 1 N–H and O–H groups in total. The van der Waals surface area contributed by atoms with Gasteiger partial charge in [-0.1, -0.05) is 0 Å². The predicted molar refractivity (Wildman–Crippen MR) is 94.4 cm³/mol. The smallest absolute Gasteiger partial charge is 0.213 e. The average Bonchev–Trinajstić information content (AvgIpc) is 2.52. The molecule has 120 valence electrons. The lowest BCUT2D eigenvalue weighted by Crippen LogP contribution is -2.43. The Balaban J connectivity index is 0.00000220. The van der Waals surface area contributed by atoms with Gasteiger partial charge in [-0.05, 0) is 25.0 Å². The highest BCUT2D eigenvalue weighted by Gasteiger charge is 2.08. The van der Waals surface area contributed by atoms with Crippen molar-refractivity contribution in [2.45, 2.75) is 20.0 Å². The van der Waals surface area contributed by atoms with Crippen molar-refractivity contribution in [3.8, 4) is 5.88 Å². The molecule has 6 heteroatoms. The molecule has 0 spiro atoms. The first-order chi connectivity index (χ1) is 9.88. The van der Waals surface area contributed by atoms with Crippen LogP contribution in [0.15, 0.2) is 18.3 Å². The fourth-order valence-corrected chi connectivity index (χ4v) is 2.20. The molecule has 2 rings (SSSR count). The normalized spacial score (nSPS) is 15.5. The lowest BCUT2D eigenvalue weighted by Gasteiger charge is -2.26. The van der Waals surface area contributed by atoms with Crippen LogP contribution >= 0.6 is 24.0 Å². The summed E-state index contributed by atoms with van der Waals surface area (Å²) >= 11 is 0. The van der Waals surface area contributed by atoms with Gasteiger partial charge >= 0.3 is 0 Å². The summed E-state index contributed by atoms with van der Waals surface area (Å²) in [4.78, 5) is 6.76. The van der Waals surface area contributed by atoms with Crippen molar-refractivity contribution in [2.24, 2.45) is 0 Å². The molecule has 0 saturated carbocycles. The molecule has 1 aromatic heterocycles. The molecule has 1 aromatic rings. The number of rotatable bonds is 8. The van der Waals surface area contributed by atoms with Crippen LogP contribution < -0.4 is 10.1 Å². The molecule has 1 saturated heterocycles. The van der Waals surface area contributed by atoms with Crippen LogP contribution in [0.1, 0.15) is 18.9 Å². The van der Waals surface area contributed by atoms with Gasteiger partial charge in [-0.15, -0.1) is 24.0 Å². The minimum atomic E-state index is 0.